The minimum absolute atomic E-state index is 0.321. The monoisotopic (exact) mass is 146 g/mol. The van der Waals surface area contributed by atoms with Crippen LogP contribution in [0.25, 0.3) is 0 Å². The number of carbonyl (C=O) groups excluding carboxylic acids is 1. The van der Waals surface area contributed by atoms with Crippen molar-refractivity contribution in [2.45, 2.75) is 6.42 Å². The molecular formula is C5H10N2O3. The van der Waals surface area contributed by atoms with E-state index in [1.54, 1.807) is 0 Å². The van der Waals surface area contributed by atoms with E-state index >= 15 is 0 Å². The lowest BCUT2D eigenvalue weighted by atomic mass is 10.4. The molecule has 5 nitrogen and oxygen atoms in total. The molecule has 0 unspecified atom stereocenters. The summed E-state index contributed by atoms with van der Waals surface area (Å²) in [7, 11) is 0. The summed E-state index contributed by atoms with van der Waals surface area (Å²) in [5.74, 6) is -2.44. The molecule has 0 heterocycles. The second kappa shape index (κ2) is 4.75. The maximum absolute atomic E-state index is 10.3. The molecule has 1 amide bonds. The second-order valence-electron chi connectivity index (χ2n) is 1.70. The van der Waals surface area contributed by atoms with Crippen LogP contribution >= 0.6 is 0 Å². The van der Waals surface area contributed by atoms with Gasteiger partial charge in [0.15, 0.2) is 0 Å². The lowest BCUT2D eigenvalue weighted by molar-refractivity contribution is -0.150. The van der Waals surface area contributed by atoms with E-state index in [1.807, 2.05) is 0 Å². The van der Waals surface area contributed by atoms with Crippen LogP contribution in [0.3, 0.4) is 0 Å². The molecule has 58 valence electrons. The molecule has 0 aliphatic rings. The van der Waals surface area contributed by atoms with Crippen molar-refractivity contribution >= 4 is 11.9 Å². The molecule has 0 rings (SSSR count). The highest BCUT2D eigenvalue weighted by Crippen LogP contribution is 1.70. The van der Waals surface area contributed by atoms with Crippen LogP contribution in [0.5, 0.6) is 0 Å². The predicted molar refractivity (Wildman–Crippen MR) is 34.3 cm³/mol. The fourth-order valence-electron chi connectivity index (χ4n) is 0.380. The van der Waals surface area contributed by atoms with E-state index in [1.165, 1.54) is 0 Å². The fourth-order valence-corrected chi connectivity index (χ4v) is 0.380. The molecule has 5 heteroatoms. The van der Waals surface area contributed by atoms with Crippen LogP contribution in [0.15, 0.2) is 0 Å². The first-order valence-electron chi connectivity index (χ1n) is 2.89. The summed E-state index contributed by atoms with van der Waals surface area (Å²) >= 11 is 0. The number of hydrogen-bond donors (Lipinski definition) is 3. The molecule has 10 heavy (non-hydrogen) atoms. The zero-order chi connectivity index (χ0) is 7.98. The number of nitrogens with one attached hydrogen (secondary N) is 1. The Morgan fingerprint density at radius 2 is 2.10 bits per heavy atom. The van der Waals surface area contributed by atoms with E-state index < -0.39 is 11.9 Å². The van der Waals surface area contributed by atoms with Gasteiger partial charge in [-0.2, -0.15) is 0 Å². The lowest BCUT2D eigenvalue weighted by Gasteiger charge is -1.97. The Balaban J connectivity index is 3.31. The van der Waals surface area contributed by atoms with Crippen LogP contribution in [-0.2, 0) is 9.59 Å². The number of nitrogens with two attached hydrogens (primary N) is 1. The van der Waals surface area contributed by atoms with Crippen LogP contribution in [0.1, 0.15) is 6.42 Å². The van der Waals surface area contributed by atoms with Gasteiger partial charge in [0.1, 0.15) is 0 Å². The van der Waals surface area contributed by atoms with Crippen molar-refractivity contribution in [1.29, 1.82) is 0 Å². The second-order valence-corrected chi connectivity index (χ2v) is 1.70. The van der Waals surface area contributed by atoms with E-state index in [2.05, 4.69) is 5.32 Å². The van der Waals surface area contributed by atoms with Crippen LogP contribution in [0.2, 0.25) is 0 Å². The Morgan fingerprint density at radius 3 is 2.50 bits per heavy atom. The first kappa shape index (κ1) is 8.90. The van der Waals surface area contributed by atoms with Gasteiger partial charge >= 0.3 is 11.9 Å². The molecule has 0 saturated heterocycles. The third-order valence-corrected chi connectivity index (χ3v) is 0.861. The van der Waals surface area contributed by atoms with Crippen molar-refractivity contribution in [1.82, 2.24) is 5.32 Å². The van der Waals surface area contributed by atoms with Crippen molar-refractivity contribution < 1.29 is 14.7 Å². The number of rotatable bonds is 3. The van der Waals surface area contributed by atoms with Crippen LogP contribution in [-0.4, -0.2) is 30.1 Å². The van der Waals surface area contributed by atoms with Gasteiger partial charge in [-0.3, -0.25) is 4.79 Å². The third kappa shape index (κ3) is 3.85. The third-order valence-electron chi connectivity index (χ3n) is 0.861. The van der Waals surface area contributed by atoms with Crippen molar-refractivity contribution in [3.63, 3.8) is 0 Å². The molecule has 0 fully saturated rings. The number of aliphatic carboxylic acids is 1. The molecule has 0 bridgehead atoms. The Hall–Kier alpha value is -1.10. The normalized spacial score (nSPS) is 8.90. The first-order chi connectivity index (χ1) is 4.68. The summed E-state index contributed by atoms with van der Waals surface area (Å²) in [6.45, 7) is 0.765. The molecule has 4 N–H and O–H groups in total. The average molecular weight is 146 g/mol. The molecular weight excluding hydrogens is 136 g/mol. The largest absolute Gasteiger partial charge is 0.474 e. The van der Waals surface area contributed by atoms with E-state index in [4.69, 9.17) is 10.8 Å². The van der Waals surface area contributed by atoms with Crippen LogP contribution in [0.4, 0.5) is 0 Å². The standard InChI is InChI=1S/C5H10N2O3/c6-2-1-3-7-4(8)5(9)10/h1-3,6H2,(H,7,8)(H,9,10). The Kier molecular flexibility index (Phi) is 4.23. The highest BCUT2D eigenvalue weighted by molar-refractivity contribution is 6.31. The minimum Gasteiger partial charge on any atom is -0.474 e. The van der Waals surface area contributed by atoms with Gasteiger partial charge in [-0.05, 0) is 13.0 Å². The summed E-state index contributed by atoms with van der Waals surface area (Å²) in [6, 6.07) is 0. The zero-order valence-corrected chi connectivity index (χ0v) is 5.46. The van der Waals surface area contributed by atoms with Gasteiger partial charge in [-0.15, -0.1) is 0 Å². The number of hydrogen-bond acceptors (Lipinski definition) is 3. The summed E-state index contributed by atoms with van der Waals surface area (Å²) in [5.41, 5.74) is 5.09. The lowest BCUT2D eigenvalue weighted by Crippen LogP contribution is -2.32. The Bertz CT molecular complexity index is 135. The van der Waals surface area contributed by atoms with Gasteiger partial charge in [0.25, 0.3) is 0 Å². The molecule has 0 spiro atoms. The van der Waals surface area contributed by atoms with Crippen molar-refractivity contribution in [3.05, 3.63) is 0 Å². The number of amides is 1. The van der Waals surface area contributed by atoms with Gasteiger partial charge in [-0.25, -0.2) is 4.79 Å². The summed E-state index contributed by atoms with van der Waals surface area (Å²) < 4.78 is 0. The number of carboxylic acids is 1. The first-order valence-corrected chi connectivity index (χ1v) is 2.89. The molecule has 0 aliphatic heterocycles. The highest BCUT2D eigenvalue weighted by atomic mass is 16.4. The van der Waals surface area contributed by atoms with E-state index in [0.29, 0.717) is 19.5 Å². The molecule has 0 saturated carbocycles. The van der Waals surface area contributed by atoms with Gasteiger partial charge < -0.3 is 16.2 Å². The average Bonchev–Trinajstić information content (AvgIpc) is 1.88. The Labute approximate surface area is 58.2 Å². The van der Waals surface area contributed by atoms with E-state index in [9.17, 15) is 9.59 Å². The molecule has 0 aromatic carbocycles. The topological polar surface area (TPSA) is 92.4 Å². The van der Waals surface area contributed by atoms with Gasteiger partial charge in [0.05, 0.1) is 0 Å². The van der Waals surface area contributed by atoms with Crippen molar-refractivity contribution in [2.75, 3.05) is 13.1 Å². The molecule has 0 aromatic heterocycles. The molecule has 0 radical (unpaired) electrons. The van der Waals surface area contributed by atoms with E-state index in [0.717, 1.165) is 0 Å². The highest BCUT2D eigenvalue weighted by Gasteiger charge is 2.07. The zero-order valence-electron chi connectivity index (χ0n) is 5.46. The van der Waals surface area contributed by atoms with Gasteiger partial charge in [0, 0.05) is 6.54 Å². The quantitative estimate of drug-likeness (QED) is 0.335. The number of carbonyl (C=O) groups is 2. The summed E-state index contributed by atoms with van der Waals surface area (Å²) in [6.07, 6.45) is 0.596. The van der Waals surface area contributed by atoms with Crippen LogP contribution in [0, 0.1) is 0 Å². The SMILES string of the molecule is NCCCNC(=O)C(=O)O. The predicted octanol–water partition coefficient (Wildman–Crippen LogP) is -1.46. The Morgan fingerprint density at radius 1 is 1.50 bits per heavy atom. The summed E-state index contributed by atoms with van der Waals surface area (Å²) in [5, 5.41) is 10.2. The maximum atomic E-state index is 10.3. The van der Waals surface area contributed by atoms with Crippen molar-refractivity contribution in [2.24, 2.45) is 5.73 Å². The minimum atomic E-state index is -1.46. The molecule has 0 aromatic rings. The van der Waals surface area contributed by atoms with E-state index in [-0.39, 0.29) is 0 Å². The maximum Gasteiger partial charge on any atom is 0.394 e. The molecule has 0 aliphatic carbocycles. The van der Waals surface area contributed by atoms with Crippen molar-refractivity contribution in [3.8, 4) is 0 Å². The van der Waals surface area contributed by atoms with Gasteiger partial charge in [-0.1, -0.05) is 0 Å². The van der Waals surface area contributed by atoms with Crippen LogP contribution < -0.4 is 11.1 Å². The fraction of sp³-hybridized carbons (Fsp3) is 0.600. The van der Waals surface area contributed by atoms with Gasteiger partial charge in [0.2, 0.25) is 0 Å². The molecule has 0 atom stereocenters. The number of carboxylic acid groups (broad SMARTS) is 1. The smallest absolute Gasteiger partial charge is 0.394 e. The summed E-state index contributed by atoms with van der Waals surface area (Å²) in [4.78, 5) is 20.1.